The molecule has 9 heteroatoms. The number of urea groups is 1. The SMILES string of the molecule is COCCn1ccc(NC(=O)NCC2(c3cnn(C)c3)CCCO2)n1. The Kier molecular flexibility index (Phi) is 5.34. The zero-order chi connectivity index (χ0) is 17.7. The summed E-state index contributed by atoms with van der Waals surface area (Å²) in [5.74, 6) is 0.497. The number of carbonyl (C=O) groups is 1. The molecule has 0 aliphatic carbocycles. The third kappa shape index (κ3) is 4.18. The van der Waals surface area contributed by atoms with Crippen LogP contribution in [0.2, 0.25) is 0 Å². The molecule has 0 bridgehead atoms. The quantitative estimate of drug-likeness (QED) is 0.781. The third-order valence-corrected chi connectivity index (χ3v) is 4.28. The average Bonchev–Trinajstić information content (AvgIpc) is 3.32. The van der Waals surface area contributed by atoms with E-state index in [0.29, 0.717) is 32.1 Å². The number of methoxy groups -OCH3 is 1. The first-order valence-corrected chi connectivity index (χ1v) is 8.32. The molecule has 0 radical (unpaired) electrons. The second kappa shape index (κ2) is 7.66. The van der Waals surface area contributed by atoms with Crippen molar-refractivity contribution in [3.63, 3.8) is 0 Å². The summed E-state index contributed by atoms with van der Waals surface area (Å²) >= 11 is 0. The van der Waals surface area contributed by atoms with Crippen LogP contribution in [0.3, 0.4) is 0 Å². The minimum atomic E-state index is -0.510. The van der Waals surface area contributed by atoms with Crippen molar-refractivity contribution in [2.45, 2.75) is 25.0 Å². The molecule has 0 aromatic carbocycles. The van der Waals surface area contributed by atoms with Gasteiger partial charge in [-0.2, -0.15) is 10.2 Å². The van der Waals surface area contributed by atoms with Crippen LogP contribution in [0.4, 0.5) is 10.6 Å². The van der Waals surface area contributed by atoms with E-state index in [1.54, 1.807) is 34.9 Å². The van der Waals surface area contributed by atoms with Crippen molar-refractivity contribution in [3.8, 4) is 0 Å². The van der Waals surface area contributed by atoms with Gasteiger partial charge in [-0.25, -0.2) is 4.79 Å². The Morgan fingerprint density at radius 1 is 1.52 bits per heavy atom. The minimum absolute atomic E-state index is 0.309. The van der Waals surface area contributed by atoms with Crippen LogP contribution in [-0.4, -0.2) is 52.5 Å². The van der Waals surface area contributed by atoms with Gasteiger partial charge < -0.3 is 14.8 Å². The van der Waals surface area contributed by atoms with E-state index in [-0.39, 0.29) is 6.03 Å². The molecule has 3 rings (SSSR count). The smallest absolute Gasteiger partial charge is 0.320 e. The topological polar surface area (TPSA) is 95.2 Å². The zero-order valence-electron chi connectivity index (χ0n) is 14.6. The molecular formula is C16H24N6O3. The summed E-state index contributed by atoms with van der Waals surface area (Å²) < 4.78 is 14.4. The fourth-order valence-electron chi connectivity index (χ4n) is 2.94. The molecule has 0 spiro atoms. The van der Waals surface area contributed by atoms with Crippen LogP contribution in [0.5, 0.6) is 0 Å². The maximum absolute atomic E-state index is 12.2. The lowest BCUT2D eigenvalue weighted by Crippen LogP contribution is -2.42. The summed E-state index contributed by atoms with van der Waals surface area (Å²) in [6.45, 7) is 2.27. The van der Waals surface area contributed by atoms with Crippen molar-refractivity contribution in [1.29, 1.82) is 0 Å². The first-order valence-electron chi connectivity index (χ1n) is 8.32. The van der Waals surface area contributed by atoms with Crippen LogP contribution < -0.4 is 10.6 Å². The molecule has 9 nitrogen and oxygen atoms in total. The van der Waals surface area contributed by atoms with Crippen molar-refractivity contribution < 1.29 is 14.3 Å². The molecular weight excluding hydrogens is 324 g/mol. The molecule has 25 heavy (non-hydrogen) atoms. The van der Waals surface area contributed by atoms with Gasteiger partial charge >= 0.3 is 6.03 Å². The summed E-state index contributed by atoms with van der Waals surface area (Å²) in [6.07, 6.45) is 7.34. The van der Waals surface area contributed by atoms with Crippen molar-refractivity contribution in [2.75, 3.05) is 32.2 Å². The Bertz CT molecular complexity index is 704. The van der Waals surface area contributed by atoms with Crippen LogP contribution in [0.15, 0.2) is 24.7 Å². The number of aromatic nitrogens is 4. The summed E-state index contributed by atoms with van der Waals surface area (Å²) in [4.78, 5) is 12.2. The maximum Gasteiger partial charge on any atom is 0.320 e. The van der Waals surface area contributed by atoms with E-state index in [9.17, 15) is 4.79 Å². The molecule has 1 fully saturated rings. The largest absolute Gasteiger partial charge is 0.383 e. The lowest BCUT2D eigenvalue weighted by molar-refractivity contribution is 0.00324. The predicted octanol–water partition coefficient (Wildman–Crippen LogP) is 1.09. The van der Waals surface area contributed by atoms with Crippen molar-refractivity contribution in [1.82, 2.24) is 24.9 Å². The number of ether oxygens (including phenoxy) is 2. The monoisotopic (exact) mass is 348 g/mol. The van der Waals surface area contributed by atoms with E-state index in [2.05, 4.69) is 20.8 Å². The lowest BCUT2D eigenvalue weighted by atomic mass is 9.93. The summed E-state index contributed by atoms with van der Waals surface area (Å²) in [6, 6.07) is 1.44. The van der Waals surface area contributed by atoms with Crippen molar-refractivity contribution in [3.05, 3.63) is 30.2 Å². The molecule has 1 aliphatic heterocycles. The fraction of sp³-hybridized carbons (Fsp3) is 0.562. The summed E-state index contributed by atoms with van der Waals surface area (Å²) in [7, 11) is 3.51. The second-order valence-electron chi connectivity index (χ2n) is 6.11. The number of carbonyl (C=O) groups excluding carboxylic acids is 1. The van der Waals surface area contributed by atoms with Gasteiger partial charge in [-0.3, -0.25) is 14.7 Å². The van der Waals surface area contributed by atoms with Crippen LogP contribution >= 0.6 is 0 Å². The van der Waals surface area contributed by atoms with E-state index >= 15 is 0 Å². The zero-order valence-corrected chi connectivity index (χ0v) is 14.6. The Labute approximate surface area is 146 Å². The molecule has 2 N–H and O–H groups in total. The van der Waals surface area contributed by atoms with E-state index in [1.807, 2.05) is 13.2 Å². The van der Waals surface area contributed by atoms with Gasteiger partial charge in [-0.05, 0) is 12.8 Å². The molecule has 1 unspecified atom stereocenters. The standard InChI is InChI=1S/C16H24N6O3/c1-21-11-13(10-18-21)16(5-3-8-25-16)12-17-15(23)19-14-4-6-22(20-14)7-9-24-2/h4,6,10-11H,3,5,7-9,12H2,1-2H3,(H2,17,19,20,23). The van der Waals surface area contributed by atoms with Gasteiger partial charge in [0.1, 0.15) is 5.60 Å². The van der Waals surface area contributed by atoms with Crippen LogP contribution in [-0.2, 0) is 28.7 Å². The van der Waals surface area contributed by atoms with E-state index in [0.717, 1.165) is 18.4 Å². The Morgan fingerprint density at radius 3 is 3.08 bits per heavy atom. The van der Waals surface area contributed by atoms with E-state index in [1.165, 1.54) is 0 Å². The molecule has 1 saturated heterocycles. The number of nitrogens with one attached hydrogen (secondary N) is 2. The predicted molar refractivity (Wildman–Crippen MR) is 91.2 cm³/mol. The minimum Gasteiger partial charge on any atom is -0.383 e. The number of hydrogen-bond donors (Lipinski definition) is 2. The Hall–Kier alpha value is -2.39. The van der Waals surface area contributed by atoms with Gasteiger partial charge in [-0.15, -0.1) is 0 Å². The van der Waals surface area contributed by atoms with Crippen molar-refractivity contribution in [2.24, 2.45) is 7.05 Å². The third-order valence-electron chi connectivity index (χ3n) is 4.28. The number of hydrogen-bond acceptors (Lipinski definition) is 5. The van der Waals surface area contributed by atoms with E-state index < -0.39 is 5.60 Å². The summed E-state index contributed by atoms with van der Waals surface area (Å²) in [5.41, 5.74) is 0.473. The first kappa shape index (κ1) is 17.4. The highest BCUT2D eigenvalue weighted by Gasteiger charge is 2.38. The number of aryl methyl sites for hydroxylation is 1. The molecule has 3 heterocycles. The van der Waals surface area contributed by atoms with Gasteiger partial charge in [0.05, 0.1) is 25.9 Å². The summed E-state index contributed by atoms with van der Waals surface area (Å²) in [5, 5.41) is 14.1. The second-order valence-corrected chi connectivity index (χ2v) is 6.11. The highest BCUT2D eigenvalue weighted by atomic mass is 16.5. The average molecular weight is 348 g/mol. The highest BCUT2D eigenvalue weighted by molar-refractivity contribution is 5.88. The molecule has 136 valence electrons. The van der Waals surface area contributed by atoms with Crippen LogP contribution in [0.1, 0.15) is 18.4 Å². The maximum atomic E-state index is 12.2. The van der Waals surface area contributed by atoms with Gasteiger partial charge in [0.25, 0.3) is 0 Å². The lowest BCUT2D eigenvalue weighted by Gasteiger charge is -2.27. The fourth-order valence-corrected chi connectivity index (χ4v) is 2.94. The molecule has 2 aromatic rings. The first-order chi connectivity index (χ1) is 12.1. The van der Waals surface area contributed by atoms with Gasteiger partial charge in [-0.1, -0.05) is 0 Å². The number of anilines is 1. The number of amides is 2. The normalized spacial score (nSPS) is 19.9. The van der Waals surface area contributed by atoms with Gasteiger partial charge in [0, 0.05) is 44.8 Å². The molecule has 0 saturated carbocycles. The van der Waals surface area contributed by atoms with E-state index in [4.69, 9.17) is 9.47 Å². The highest BCUT2D eigenvalue weighted by Crippen LogP contribution is 2.35. The van der Waals surface area contributed by atoms with Crippen molar-refractivity contribution >= 4 is 11.8 Å². The number of rotatable bonds is 7. The Morgan fingerprint density at radius 2 is 2.40 bits per heavy atom. The molecule has 2 amide bonds. The Balaban J connectivity index is 1.56. The molecule has 2 aromatic heterocycles. The van der Waals surface area contributed by atoms with Crippen LogP contribution in [0, 0.1) is 0 Å². The van der Waals surface area contributed by atoms with Gasteiger partial charge in [0.2, 0.25) is 0 Å². The molecule has 1 atom stereocenters. The van der Waals surface area contributed by atoms with Gasteiger partial charge in [0.15, 0.2) is 5.82 Å². The van der Waals surface area contributed by atoms with Crippen LogP contribution in [0.25, 0.3) is 0 Å². The molecule has 1 aliphatic rings. The number of nitrogens with zero attached hydrogens (tertiary/aromatic N) is 4.